The number of hydrogen-bond donors (Lipinski definition) is 1. The highest BCUT2D eigenvalue weighted by Crippen LogP contribution is 2.23. The van der Waals surface area contributed by atoms with Crippen molar-refractivity contribution < 1.29 is 13.2 Å². The lowest BCUT2D eigenvalue weighted by molar-refractivity contribution is 0.0703. The van der Waals surface area contributed by atoms with Gasteiger partial charge in [0.1, 0.15) is 0 Å². The monoisotopic (exact) mass is 350 g/mol. The molecule has 1 unspecified atom stereocenters. The van der Waals surface area contributed by atoms with Crippen LogP contribution in [0, 0.1) is 0 Å². The molecule has 0 saturated carbocycles. The Bertz CT molecular complexity index is 649. The molecular formula is C13H16Cl2N2O3S. The predicted molar refractivity (Wildman–Crippen MR) is 83.4 cm³/mol. The summed E-state index contributed by atoms with van der Waals surface area (Å²) in [5.41, 5.74) is 0.337. The fourth-order valence-electron chi connectivity index (χ4n) is 2.39. The summed E-state index contributed by atoms with van der Waals surface area (Å²) in [6, 6.07) is 4.45. The summed E-state index contributed by atoms with van der Waals surface area (Å²) in [4.78, 5) is 14.1. The van der Waals surface area contributed by atoms with Gasteiger partial charge in [0.2, 0.25) is 10.0 Å². The topological polar surface area (TPSA) is 66.5 Å². The maximum atomic E-state index is 12.5. The average molecular weight is 351 g/mol. The van der Waals surface area contributed by atoms with Crippen molar-refractivity contribution in [3.05, 3.63) is 33.8 Å². The van der Waals surface area contributed by atoms with Crippen LogP contribution in [-0.4, -0.2) is 44.6 Å². The van der Waals surface area contributed by atoms with E-state index in [0.717, 1.165) is 12.7 Å². The van der Waals surface area contributed by atoms with Gasteiger partial charge >= 0.3 is 0 Å². The van der Waals surface area contributed by atoms with Crippen molar-refractivity contribution in [1.82, 2.24) is 9.62 Å². The van der Waals surface area contributed by atoms with Crippen molar-refractivity contribution in [3.63, 3.8) is 0 Å². The average Bonchev–Trinajstić information content (AvgIpc) is 2.39. The molecule has 2 rings (SSSR count). The van der Waals surface area contributed by atoms with Crippen molar-refractivity contribution in [2.75, 3.05) is 19.3 Å². The normalized spacial score (nSPS) is 19.6. The Morgan fingerprint density at radius 1 is 1.38 bits per heavy atom. The van der Waals surface area contributed by atoms with Crippen molar-refractivity contribution in [2.45, 2.75) is 18.9 Å². The minimum Gasteiger partial charge on any atom is -0.337 e. The molecule has 1 N–H and O–H groups in total. The number of rotatable bonds is 3. The predicted octanol–water partition coefficient (Wildman–Crippen LogP) is 2.15. The maximum absolute atomic E-state index is 12.5. The molecule has 1 aromatic rings. The molecule has 0 spiro atoms. The second-order valence-electron chi connectivity index (χ2n) is 5.10. The van der Waals surface area contributed by atoms with Gasteiger partial charge in [0, 0.05) is 24.2 Å². The molecule has 21 heavy (non-hydrogen) atoms. The number of benzene rings is 1. The minimum absolute atomic E-state index is 0.234. The van der Waals surface area contributed by atoms with E-state index in [9.17, 15) is 13.2 Å². The molecule has 8 heteroatoms. The summed E-state index contributed by atoms with van der Waals surface area (Å²) in [5, 5.41) is 0.771. The fraction of sp³-hybridized carbons (Fsp3) is 0.462. The van der Waals surface area contributed by atoms with E-state index >= 15 is 0 Å². The number of halogens is 2. The highest BCUT2D eigenvalue weighted by Gasteiger charge is 2.27. The third-order valence-corrected chi connectivity index (χ3v) is 4.57. The van der Waals surface area contributed by atoms with E-state index in [-0.39, 0.29) is 11.9 Å². The quantitative estimate of drug-likeness (QED) is 0.907. The van der Waals surface area contributed by atoms with Crippen LogP contribution in [0.15, 0.2) is 18.2 Å². The molecule has 0 aliphatic carbocycles. The van der Waals surface area contributed by atoms with Gasteiger partial charge in [-0.15, -0.1) is 0 Å². The Labute approximate surface area is 134 Å². The van der Waals surface area contributed by atoms with Crippen LogP contribution in [0.3, 0.4) is 0 Å². The summed E-state index contributed by atoms with van der Waals surface area (Å²) >= 11 is 11.9. The Morgan fingerprint density at radius 2 is 2.10 bits per heavy atom. The van der Waals surface area contributed by atoms with Gasteiger partial charge in [0.15, 0.2) is 0 Å². The number of carbonyl (C=O) groups excluding carboxylic acids is 1. The van der Waals surface area contributed by atoms with E-state index in [1.807, 2.05) is 0 Å². The first-order valence-electron chi connectivity index (χ1n) is 6.48. The van der Waals surface area contributed by atoms with Crippen LogP contribution in [0.25, 0.3) is 0 Å². The zero-order valence-electron chi connectivity index (χ0n) is 11.5. The lowest BCUT2D eigenvalue weighted by Gasteiger charge is -2.33. The van der Waals surface area contributed by atoms with Crippen molar-refractivity contribution in [2.24, 2.45) is 0 Å². The summed E-state index contributed by atoms with van der Waals surface area (Å²) < 4.78 is 25.1. The lowest BCUT2D eigenvalue weighted by Crippen LogP contribution is -2.49. The third kappa shape index (κ3) is 4.57. The maximum Gasteiger partial charge on any atom is 0.255 e. The van der Waals surface area contributed by atoms with Gasteiger partial charge in [-0.1, -0.05) is 23.2 Å². The summed E-state index contributed by atoms with van der Waals surface area (Å²) in [7, 11) is -3.29. The van der Waals surface area contributed by atoms with E-state index < -0.39 is 10.0 Å². The molecule has 1 aromatic carbocycles. The molecule has 1 aliphatic rings. The summed E-state index contributed by atoms with van der Waals surface area (Å²) in [5.74, 6) is -0.234. The van der Waals surface area contributed by atoms with E-state index in [1.54, 1.807) is 17.0 Å². The smallest absolute Gasteiger partial charge is 0.255 e. The molecule has 0 aromatic heterocycles. The number of hydrogen-bond acceptors (Lipinski definition) is 3. The highest BCUT2D eigenvalue weighted by atomic mass is 35.5. The zero-order chi connectivity index (χ0) is 15.6. The molecule has 1 aliphatic heterocycles. The van der Waals surface area contributed by atoms with Crippen LogP contribution in [0.5, 0.6) is 0 Å². The fourth-order valence-corrected chi connectivity index (χ4v) is 3.56. The third-order valence-electron chi connectivity index (χ3n) is 3.25. The molecule has 0 bridgehead atoms. The molecule has 1 atom stereocenters. The number of piperidine rings is 1. The highest BCUT2D eigenvalue weighted by molar-refractivity contribution is 7.88. The molecular weight excluding hydrogens is 335 g/mol. The molecule has 5 nitrogen and oxygen atoms in total. The Kier molecular flexibility index (Phi) is 5.14. The first-order valence-corrected chi connectivity index (χ1v) is 9.12. The number of nitrogens with zero attached hydrogens (tertiary/aromatic N) is 1. The van der Waals surface area contributed by atoms with Crippen LogP contribution in [0.2, 0.25) is 10.0 Å². The van der Waals surface area contributed by atoms with Gasteiger partial charge in [-0.05, 0) is 31.0 Å². The molecule has 1 fully saturated rings. The summed E-state index contributed by atoms with van der Waals surface area (Å²) in [6.45, 7) is 0.901. The van der Waals surface area contributed by atoms with E-state index in [4.69, 9.17) is 23.2 Å². The first-order chi connectivity index (χ1) is 9.76. The van der Waals surface area contributed by atoms with Crippen LogP contribution in [-0.2, 0) is 10.0 Å². The number of nitrogens with one attached hydrogen (secondary N) is 1. The van der Waals surface area contributed by atoms with E-state index in [2.05, 4.69) is 4.72 Å². The largest absolute Gasteiger partial charge is 0.337 e. The van der Waals surface area contributed by atoms with Crippen LogP contribution in [0.4, 0.5) is 0 Å². The molecule has 1 heterocycles. The molecule has 1 saturated heterocycles. The summed E-state index contributed by atoms with van der Waals surface area (Å²) in [6.07, 6.45) is 2.55. The first kappa shape index (κ1) is 16.5. The second kappa shape index (κ2) is 6.52. The standard InChI is InChI=1S/C13H16Cl2N2O3S/c1-21(19,20)16-10-3-2-6-17(8-10)13(18)11-7-9(14)4-5-12(11)15/h4-5,7,10,16H,2-3,6,8H2,1H3. The van der Waals surface area contributed by atoms with Gasteiger partial charge in [0.25, 0.3) is 5.91 Å². The van der Waals surface area contributed by atoms with Crippen molar-refractivity contribution in [3.8, 4) is 0 Å². The van der Waals surface area contributed by atoms with E-state index in [0.29, 0.717) is 35.1 Å². The number of amides is 1. The van der Waals surface area contributed by atoms with Gasteiger partial charge in [-0.2, -0.15) is 0 Å². The van der Waals surface area contributed by atoms with Crippen molar-refractivity contribution in [1.29, 1.82) is 0 Å². The van der Waals surface area contributed by atoms with Gasteiger partial charge in [0.05, 0.1) is 16.8 Å². The van der Waals surface area contributed by atoms with Crippen LogP contribution in [0.1, 0.15) is 23.2 Å². The Hall–Kier alpha value is -0.820. The van der Waals surface area contributed by atoms with E-state index in [1.165, 1.54) is 6.07 Å². The number of carbonyl (C=O) groups is 1. The van der Waals surface area contributed by atoms with Gasteiger partial charge in [-0.25, -0.2) is 13.1 Å². The molecule has 0 radical (unpaired) electrons. The zero-order valence-corrected chi connectivity index (χ0v) is 13.8. The Morgan fingerprint density at radius 3 is 2.76 bits per heavy atom. The minimum atomic E-state index is -3.29. The van der Waals surface area contributed by atoms with Crippen LogP contribution < -0.4 is 4.72 Å². The number of sulfonamides is 1. The van der Waals surface area contributed by atoms with Crippen molar-refractivity contribution >= 4 is 39.1 Å². The van der Waals surface area contributed by atoms with Gasteiger partial charge in [-0.3, -0.25) is 4.79 Å². The van der Waals surface area contributed by atoms with Crippen LogP contribution >= 0.6 is 23.2 Å². The Balaban J connectivity index is 2.14. The lowest BCUT2D eigenvalue weighted by atomic mass is 10.1. The SMILES string of the molecule is CS(=O)(=O)NC1CCCN(C(=O)c2cc(Cl)ccc2Cl)C1. The number of likely N-dealkylation sites (tertiary alicyclic amines) is 1. The van der Waals surface area contributed by atoms with Gasteiger partial charge < -0.3 is 4.90 Å². The molecule has 116 valence electrons. The molecule has 1 amide bonds. The second-order valence-corrected chi connectivity index (χ2v) is 7.73.